The van der Waals surface area contributed by atoms with E-state index in [4.69, 9.17) is 4.74 Å². The fourth-order valence-electron chi connectivity index (χ4n) is 2.82. The van der Waals surface area contributed by atoms with Crippen LogP contribution in [0.3, 0.4) is 0 Å². The molecule has 3 nitrogen and oxygen atoms in total. The van der Waals surface area contributed by atoms with Gasteiger partial charge in [0.2, 0.25) is 0 Å². The molecule has 0 aromatic heterocycles. The summed E-state index contributed by atoms with van der Waals surface area (Å²) in [5, 5.41) is 3.14. The lowest BCUT2D eigenvalue weighted by molar-refractivity contribution is -0.0825. The van der Waals surface area contributed by atoms with E-state index in [1.807, 2.05) is 13.1 Å². The van der Waals surface area contributed by atoms with E-state index in [-0.39, 0.29) is 18.0 Å². The average Bonchev–Trinajstić information content (AvgIpc) is 2.42. The molecule has 5 heteroatoms. The number of rotatable bonds is 4. The quantitative estimate of drug-likeness (QED) is 0.908. The number of nitrogens with zero attached hydrogens (tertiary/aromatic N) is 1. The zero-order chi connectivity index (χ0) is 14.7. The molecule has 1 aliphatic heterocycles. The molecule has 1 heterocycles. The number of ether oxygens (including phenoxy) is 1. The molecule has 1 fully saturated rings. The predicted octanol–water partition coefficient (Wildman–Crippen LogP) is 2.96. The van der Waals surface area contributed by atoms with Crippen LogP contribution in [0.2, 0.25) is 0 Å². The summed E-state index contributed by atoms with van der Waals surface area (Å²) in [5.74, 6) is -0.171. The normalized spacial score (nSPS) is 24.3. The Balaban J connectivity index is 2.40. The highest BCUT2D eigenvalue weighted by atomic mass is 79.9. The second-order valence-electron chi connectivity index (χ2n) is 5.41. The Bertz CT molecular complexity index is 453. The summed E-state index contributed by atoms with van der Waals surface area (Å²) in [5.41, 5.74) is 0.702. The zero-order valence-corrected chi connectivity index (χ0v) is 13.8. The summed E-state index contributed by atoms with van der Waals surface area (Å²) >= 11 is 3.44. The van der Waals surface area contributed by atoms with Crippen molar-refractivity contribution in [3.05, 3.63) is 34.1 Å². The number of benzene rings is 1. The van der Waals surface area contributed by atoms with Gasteiger partial charge in [0, 0.05) is 29.2 Å². The Morgan fingerprint density at radius 3 is 2.90 bits per heavy atom. The van der Waals surface area contributed by atoms with Gasteiger partial charge in [0.1, 0.15) is 5.82 Å². The molecule has 0 saturated carbocycles. The van der Waals surface area contributed by atoms with Crippen molar-refractivity contribution < 1.29 is 9.13 Å². The number of hydrogen-bond acceptors (Lipinski definition) is 3. The van der Waals surface area contributed by atoms with E-state index >= 15 is 0 Å². The van der Waals surface area contributed by atoms with E-state index in [1.54, 1.807) is 6.07 Å². The molecule has 0 bridgehead atoms. The van der Waals surface area contributed by atoms with E-state index in [1.165, 1.54) is 6.07 Å². The van der Waals surface area contributed by atoms with Crippen LogP contribution in [0.15, 0.2) is 22.7 Å². The lowest BCUT2D eigenvalue weighted by Gasteiger charge is -2.43. The molecule has 112 valence electrons. The smallest absolute Gasteiger partial charge is 0.128 e. The molecular formula is C15H22BrFN2O. The minimum absolute atomic E-state index is 0.0417. The molecule has 0 radical (unpaired) electrons. The van der Waals surface area contributed by atoms with Gasteiger partial charge >= 0.3 is 0 Å². The van der Waals surface area contributed by atoms with Crippen LogP contribution >= 0.6 is 15.9 Å². The minimum atomic E-state index is -0.171. The van der Waals surface area contributed by atoms with E-state index < -0.39 is 0 Å². The first kappa shape index (κ1) is 15.9. The molecule has 1 aliphatic rings. The van der Waals surface area contributed by atoms with Crippen molar-refractivity contribution in [2.75, 3.05) is 26.7 Å². The van der Waals surface area contributed by atoms with Crippen molar-refractivity contribution in [1.82, 2.24) is 10.2 Å². The van der Waals surface area contributed by atoms with Crippen LogP contribution in [-0.4, -0.2) is 43.8 Å². The molecule has 1 aromatic carbocycles. The minimum Gasteiger partial charge on any atom is -0.374 e. The van der Waals surface area contributed by atoms with E-state index in [0.29, 0.717) is 24.8 Å². The molecule has 2 unspecified atom stereocenters. The second-order valence-corrected chi connectivity index (χ2v) is 6.32. The topological polar surface area (TPSA) is 24.5 Å². The molecule has 1 saturated heterocycles. The molecule has 0 spiro atoms. The summed E-state index contributed by atoms with van der Waals surface area (Å²) in [7, 11) is 1.89. The van der Waals surface area contributed by atoms with Crippen LogP contribution in [-0.2, 0) is 4.74 Å². The number of nitrogens with one attached hydrogen (secondary N) is 1. The van der Waals surface area contributed by atoms with Crippen molar-refractivity contribution in [3.8, 4) is 0 Å². The summed E-state index contributed by atoms with van der Waals surface area (Å²) in [6, 6.07) is 5.40. The standard InChI is InChI=1S/C15H22BrFN2O/c1-10(2)19-6-7-20-14(9-18-3)15(19)12-8-11(16)4-5-13(12)17/h4-5,8,10,14-15,18H,6-7,9H2,1-3H3. The molecular weight excluding hydrogens is 323 g/mol. The van der Waals surface area contributed by atoms with E-state index in [2.05, 4.69) is 40.0 Å². The van der Waals surface area contributed by atoms with Gasteiger partial charge in [0.15, 0.2) is 0 Å². The molecule has 20 heavy (non-hydrogen) atoms. The van der Waals surface area contributed by atoms with Gasteiger partial charge in [-0.1, -0.05) is 15.9 Å². The van der Waals surface area contributed by atoms with Crippen LogP contribution < -0.4 is 5.32 Å². The molecule has 1 N–H and O–H groups in total. The molecule has 2 atom stereocenters. The van der Waals surface area contributed by atoms with Crippen molar-refractivity contribution in [2.24, 2.45) is 0 Å². The predicted molar refractivity (Wildman–Crippen MR) is 82.3 cm³/mol. The lowest BCUT2D eigenvalue weighted by atomic mass is 9.96. The Morgan fingerprint density at radius 2 is 2.25 bits per heavy atom. The Morgan fingerprint density at radius 1 is 1.50 bits per heavy atom. The maximum absolute atomic E-state index is 14.3. The molecule has 2 rings (SSSR count). The van der Waals surface area contributed by atoms with Crippen molar-refractivity contribution >= 4 is 15.9 Å². The number of likely N-dealkylation sites (N-methyl/N-ethyl adjacent to an activating group) is 1. The third kappa shape index (κ3) is 3.39. The first-order chi connectivity index (χ1) is 9.54. The summed E-state index contributed by atoms with van der Waals surface area (Å²) in [4.78, 5) is 2.32. The van der Waals surface area contributed by atoms with Gasteiger partial charge < -0.3 is 10.1 Å². The first-order valence-corrected chi connectivity index (χ1v) is 7.80. The van der Waals surface area contributed by atoms with Gasteiger partial charge in [0.25, 0.3) is 0 Å². The Labute approximate surface area is 128 Å². The Hall–Kier alpha value is -0.490. The van der Waals surface area contributed by atoms with Crippen LogP contribution in [0.5, 0.6) is 0 Å². The van der Waals surface area contributed by atoms with Gasteiger partial charge in [0.05, 0.1) is 18.8 Å². The number of morpholine rings is 1. The second kappa shape index (κ2) is 6.98. The van der Waals surface area contributed by atoms with Crippen LogP contribution in [0.25, 0.3) is 0 Å². The largest absolute Gasteiger partial charge is 0.374 e. The van der Waals surface area contributed by atoms with Crippen molar-refractivity contribution in [3.63, 3.8) is 0 Å². The van der Waals surface area contributed by atoms with E-state index in [9.17, 15) is 4.39 Å². The highest BCUT2D eigenvalue weighted by molar-refractivity contribution is 9.10. The number of halogens is 2. The van der Waals surface area contributed by atoms with E-state index in [0.717, 1.165) is 11.0 Å². The third-order valence-electron chi connectivity index (χ3n) is 3.74. The Kier molecular flexibility index (Phi) is 5.55. The monoisotopic (exact) mass is 344 g/mol. The summed E-state index contributed by atoms with van der Waals surface area (Å²) in [6.45, 7) is 6.51. The van der Waals surface area contributed by atoms with Crippen molar-refractivity contribution in [2.45, 2.75) is 32.0 Å². The van der Waals surface area contributed by atoms with Crippen LogP contribution in [0, 0.1) is 5.82 Å². The van der Waals surface area contributed by atoms with Gasteiger partial charge in [-0.2, -0.15) is 0 Å². The first-order valence-electron chi connectivity index (χ1n) is 7.01. The maximum atomic E-state index is 14.3. The van der Waals surface area contributed by atoms with Gasteiger partial charge in [-0.25, -0.2) is 4.39 Å². The SMILES string of the molecule is CNCC1OCCN(C(C)C)C1c1cc(Br)ccc1F. The summed E-state index contributed by atoms with van der Waals surface area (Å²) < 4.78 is 21.1. The van der Waals surface area contributed by atoms with Crippen molar-refractivity contribution in [1.29, 1.82) is 0 Å². The maximum Gasteiger partial charge on any atom is 0.128 e. The molecule has 0 aliphatic carbocycles. The summed E-state index contributed by atoms with van der Waals surface area (Å²) in [6.07, 6.45) is -0.0417. The highest BCUT2D eigenvalue weighted by Gasteiger charge is 2.36. The fourth-order valence-corrected chi connectivity index (χ4v) is 3.20. The lowest BCUT2D eigenvalue weighted by Crippen LogP contribution is -2.51. The van der Waals surface area contributed by atoms with Gasteiger partial charge in [-0.3, -0.25) is 4.90 Å². The average molecular weight is 345 g/mol. The van der Waals surface area contributed by atoms with Gasteiger partial charge in [-0.05, 0) is 39.1 Å². The molecule has 1 aromatic rings. The highest BCUT2D eigenvalue weighted by Crippen LogP contribution is 2.34. The van der Waals surface area contributed by atoms with Crippen LogP contribution in [0.4, 0.5) is 4.39 Å². The molecule has 0 amide bonds. The third-order valence-corrected chi connectivity index (χ3v) is 4.23. The van der Waals surface area contributed by atoms with Gasteiger partial charge in [-0.15, -0.1) is 0 Å². The zero-order valence-electron chi connectivity index (χ0n) is 12.2. The van der Waals surface area contributed by atoms with Crippen LogP contribution in [0.1, 0.15) is 25.5 Å². The fraction of sp³-hybridized carbons (Fsp3) is 0.600. The number of hydrogen-bond donors (Lipinski definition) is 1.